The molecule has 2 aliphatic rings. The van der Waals surface area contributed by atoms with Crippen molar-refractivity contribution in [2.45, 2.75) is 30.6 Å². The van der Waals surface area contributed by atoms with Gasteiger partial charge in [0.25, 0.3) is 0 Å². The number of carbonyl (C=O) groups excluding carboxylic acids is 2. The number of thioether (sulfide) groups is 1. The first-order chi connectivity index (χ1) is 14.4. The first-order valence-electron chi connectivity index (χ1n) is 9.55. The quantitative estimate of drug-likeness (QED) is 0.680. The number of hydrogen-bond acceptors (Lipinski definition) is 8. The summed E-state index contributed by atoms with van der Waals surface area (Å²) in [6.07, 6.45) is 1.65. The molecular formula is C18H22FN7O3S. The van der Waals surface area contributed by atoms with Crippen LogP contribution in [-0.2, 0) is 9.53 Å². The lowest BCUT2D eigenvalue weighted by molar-refractivity contribution is -0.119. The summed E-state index contributed by atoms with van der Waals surface area (Å²) in [6.45, 7) is 3.11. The molecule has 1 aromatic heterocycles. The lowest BCUT2D eigenvalue weighted by Crippen LogP contribution is -2.33. The van der Waals surface area contributed by atoms with Crippen molar-refractivity contribution in [3.8, 4) is 0 Å². The SMILES string of the molecule is CSc1nnn(C2CCN(c3ccc(N4CC(CNC(C)=O)OC4=O)cc3F)C2)n1. The van der Waals surface area contributed by atoms with Gasteiger partial charge >= 0.3 is 6.09 Å². The van der Waals surface area contributed by atoms with Crippen LogP contribution >= 0.6 is 11.8 Å². The molecule has 0 aliphatic carbocycles. The van der Waals surface area contributed by atoms with Crippen molar-refractivity contribution in [1.29, 1.82) is 0 Å². The molecule has 10 nitrogen and oxygen atoms in total. The van der Waals surface area contributed by atoms with E-state index in [1.165, 1.54) is 29.7 Å². The number of tetrazole rings is 1. The van der Waals surface area contributed by atoms with Gasteiger partial charge in [-0.3, -0.25) is 9.69 Å². The van der Waals surface area contributed by atoms with Gasteiger partial charge in [-0.25, -0.2) is 9.18 Å². The van der Waals surface area contributed by atoms with Crippen LogP contribution in [0.25, 0.3) is 0 Å². The summed E-state index contributed by atoms with van der Waals surface area (Å²) >= 11 is 1.42. The van der Waals surface area contributed by atoms with E-state index in [-0.39, 0.29) is 25.0 Å². The average Bonchev–Trinajstić information content (AvgIpc) is 3.45. The van der Waals surface area contributed by atoms with Crippen LogP contribution in [0.3, 0.4) is 0 Å². The van der Waals surface area contributed by atoms with E-state index in [9.17, 15) is 14.0 Å². The number of nitrogens with zero attached hydrogens (tertiary/aromatic N) is 6. The zero-order chi connectivity index (χ0) is 21.3. The van der Waals surface area contributed by atoms with Crippen molar-refractivity contribution in [2.24, 2.45) is 0 Å². The Hall–Kier alpha value is -2.89. The Morgan fingerprint density at radius 2 is 2.23 bits per heavy atom. The molecule has 2 aliphatic heterocycles. The van der Waals surface area contributed by atoms with Crippen LogP contribution in [0.15, 0.2) is 23.4 Å². The van der Waals surface area contributed by atoms with Crippen molar-refractivity contribution in [3.63, 3.8) is 0 Å². The van der Waals surface area contributed by atoms with E-state index in [0.29, 0.717) is 29.6 Å². The first kappa shape index (κ1) is 20.4. The summed E-state index contributed by atoms with van der Waals surface area (Å²) in [5, 5.41) is 15.6. The zero-order valence-electron chi connectivity index (χ0n) is 16.6. The summed E-state index contributed by atoms with van der Waals surface area (Å²) in [4.78, 5) is 28.1. The van der Waals surface area contributed by atoms with Gasteiger partial charge in [-0.2, -0.15) is 4.80 Å². The van der Waals surface area contributed by atoms with Gasteiger partial charge < -0.3 is 15.0 Å². The number of rotatable bonds is 6. The van der Waals surface area contributed by atoms with E-state index < -0.39 is 18.0 Å². The lowest BCUT2D eigenvalue weighted by Gasteiger charge is -2.21. The number of carbonyl (C=O) groups is 2. The second-order valence-electron chi connectivity index (χ2n) is 7.17. The summed E-state index contributed by atoms with van der Waals surface area (Å²) in [5.74, 6) is -0.614. The highest BCUT2D eigenvalue weighted by Gasteiger charge is 2.33. The molecule has 12 heteroatoms. The monoisotopic (exact) mass is 435 g/mol. The molecule has 4 rings (SSSR count). The number of halogens is 1. The smallest absolute Gasteiger partial charge is 0.414 e. The van der Waals surface area contributed by atoms with Gasteiger partial charge in [0.1, 0.15) is 11.9 Å². The molecule has 2 amide bonds. The van der Waals surface area contributed by atoms with Crippen molar-refractivity contribution < 1.29 is 18.7 Å². The highest BCUT2D eigenvalue weighted by molar-refractivity contribution is 7.98. The Morgan fingerprint density at radius 1 is 1.40 bits per heavy atom. The Balaban J connectivity index is 1.42. The Bertz CT molecular complexity index is 956. The summed E-state index contributed by atoms with van der Waals surface area (Å²) in [6, 6.07) is 4.74. The normalized spacial score (nSPS) is 21.2. The maximum absolute atomic E-state index is 14.9. The van der Waals surface area contributed by atoms with Gasteiger partial charge in [0.2, 0.25) is 11.1 Å². The van der Waals surface area contributed by atoms with Crippen LogP contribution in [0.1, 0.15) is 19.4 Å². The third-order valence-electron chi connectivity index (χ3n) is 5.12. The molecule has 3 heterocycles. The van der Waals surface area contributed by atoms with Crippen molar-refractivity contribution in [2.75, 3.05) is 42.2 Å². The third kappa shape index (κ3) is 4.18. The van der Waals surface area contributed by atoms with E-state index in [1.807, 2.05) is 11.2 Å². The first-order valence-corrected chi connectivity index (χ1v) is 10.8. The molecule has 2 aromatic rings. The molecule has 0 radical (unpaired) electrons. The number of cyclic esters (lactones) is 1. The maximum atomic E-state index is 14.9. The molecule has 2 atom stereocenters. The van der Waals surface area contributed by atoms with Crippen LogP contribution < -0.4 is 15.1 Å². The van der Waals surface area contributed by atoms with Crippen LogP contribution in [0, 0.1) is 5.82 Å². The third-order valence-corrected chi connectivity index (χ3v) is 5.65. The largest absolute Gasteiger partial charge is 0.442 e. The minimum atomic E-state index is -0.555. The Kier molecular flexibility index (Phi) is 5.75. The topological polar surface area (TPSA) is 105 Å². The summed E-state index contributed by atoms with van der Waals surface area (Å²) < 4.78 is 20.1. The fraction of sp³-hybridized carbons (Fsp3) is 0.500. The second-order valence-corrected chi connectivity index (χ2v) is 7.95. The Morgan fingerprint density at radius 3 is 2.93 bits per heavy atom. The second kappa shape index (κ2) is 8.46. The predicted octanol–water partition coefficient (Wildman–Crippen LogP) is 1.45. The predicted molar refractivity (Wildman–Crippen MR) is 108 cm³/mol. The fourth-order valence-corrected chi connectivity index (χ4v) is 3.90. The summed E-state index contributed by atoms with van der Waals surface area (Å²) in [5.41, 5.74) is 0.888. The molecule has 0 saturated carbocycles. The van der Waals surface area contributed by atoms with Crippen molar-refractivity contribution in [3.05, 3.63) is 24.0 Å². The van der Waals surface area contributed by atoms with E-state index >= 15 is 0 Å². The van der Waals surface area contributed by atoms with E-state index in [1.54, 1.807) is 16.9 Å². The minimum Gasteiger partial charge on any atom is -0.442 e. The van der Waals surface area contributed by atoms with Crippen LogP contribution in [0.2, 0.25) is 0 Å². The number of hydrogen-bond donors (Lipinski definition) is 1. The number of nitrogens with one attached hydrogen (secondary N) is 1. The minimum absolute atomic E-state index is 0.0283. The molecule has 2 fully saturated rings. The molecule has 30 heavy (non-hydrogen) atoms. The molecule has 1 N–H and O–H groups in total. The highest BCUT2D eigenvalue weighted by atomic mass is 32.2. The molecule has 0 bridgehead atoms. The Labute approximate surface area is 176 Å². The molecule has 2 saturated heterocycles. The van der Waals surface area contributed by atoms with Crippen LogP contribution in [0.4, 0.5) is 20.6 Å². The zero-order valence-corrected chi connectivity index (χ0v) is 17.4. The van der Waals surface area contributed by atoms with Crippen LogP contribution in [0.5, 0.6) is 0 Å². The van der Waals surface area contributed by atoms with E-state index in [4.69, 9.17) is 4.74 Å². The van der Waals surface area contributed by atoms with Crippen molar-refractivity contribution >= 4 is 35.1 Å². The van der Waals surface area contributed by atoms with Gasteiger partial charge in [0.15, 0.2) is 0 Å². The van der Waals surface area contributed by atoms with Crippen molar-refractivity contribution in [1.82, 2.24) is 25.5 Å². The average molecular weight is 435 g/mol. The highest BCUT2D eigenvalue weighted by Crippen LogP contribution is 2.32. The lowest BCUT2D eigenvalue weighted by atomic mass is 10.2. The van der Waals surface area contributed by atoms with Gasteiger partial charge in [-0.15, -0.1) is 10.2 Å². The van der Waals surface area contributed by atoms with Gasteiger partial charge in [-0.1, -0.05) is 11.8 Å². The summed E-state index contributed by atoms with van der Waals surface area (Å²) in [7, 11) is 0. The molecule has 1 aromatic carbocycles. The fourth-order valence-electron chi connectivity index (χ4n) is 3.61. The van der Waals surface area contributed by atoms with E-state index in [0.717, 1.165) is 6.42 Å². The van der Waals surface area contributed by atoms with Gasteiger partial charge in [0, 0.05) is 20.0 Å². The molecule has 0 spiro atoms. The number of ether oxygens (including phenoxy) is 1. The number of benzene rings is 1. The molecular weight excluding hydrogens is 413 g/mol. The molecule has 2 unspecified atom stereocenters. The van der Waals surface area contributed by atoms with Crippen LogP contribution in [-0.4, -0.2) is 70.7 Å². The molecule has 160 valence electrons. The van der Waals surface area contributed by atoms with Gasteiger partial charge in [-0.05, 0) is 36.1 Å². The number of amides is 2. The van der Waals surface area contributed by atoms with E-state index in [2.05, 4.69) is 20.7 Å². The number of anilines is 2. The standard InChI is InChI=1S/C18H22FN7O3S/c1-11(27)20-8-14-10-25(18(28)29-14)12-3-4-16(15(19)7-12)24-6-5-13(9-24)26-22-17(30-2)21-23-26/h3-4,7,13-14H,5-6,8-10H2,1-2H3,(H,20,27). The van der Waals surface area contributed by atoms with Gasteiger partial charge in [0.05, 0.1) is 30.5 Å². The number of aromatic nitrogens is 4. The maximum Gasteiger partial charge on any atom is 0.414 e.